The van der Waals surface area contributed by atoms with E-state index in [1.807, 2.05) is 20.8 Å². The topological polar surface area (TPSA) is 148 Å². The van der Waals surface area contributed by atoms with Crippen LogP contribution < -0.4 is 11.4 Å². The molecule has 0 saturated carbocycles. The molecule has 35 heavy (non-hydrogen) atoms. The molecule has 0 heterocycles. The molecule has 11 nitrogen and oxygen atoms in total. The van der Waals surface area contributed by atoms with E-state index in [2.05, 4.69) is 10.3 Å². The van der Waals surface area contributed by atoms with Crippen LogP contribution in [0.1, 0.15) is 59.8 Å². The van der Waals surface area contributed by atoms with Gasteiger partial charge in [-0.1, -0.05) is 27.2 Å². The van der Waals surface area contributed by atoms with Crippen LogP contribution in [-0.2, 0) is 33.6 Å². The van der Waals surface area contributed by atoms with Gasteiger partial charge in [0.1, 0.15) is 18.7 Å². The van der Waals surface area contributed by atoms with Gasteiger partial charge in [0, 0.05) is 37.4 Å². The average Bonchev–Trinajstić information content (AvgIpc) is 2.81. The van der Waals surface area contributed by atoms with E-state index in [9.17, 15) is 24.0 Å². The molecule has 0 fully saturated rings. The Morgan fingerprint density at radius 1 is 1.03 bits per heavy atom. The zero-order valence-electron chi connectivity index (χ0n) is 21.5. The molecular formula is C23H42N4O7S. The van der Waals surface area contributed by atoms with Crippen molar-refractivity contribution in [3.63, 3.8) is 0 Å². The summed E-state index contributed by atoms with van der Waals surface area (Å²) in [4.78, 5) is 70.9. The van der Waals surface area contributed by atoms with Gasteiger partial charge < -0.3 is 19.3 Å². The fourth-order valence-electron chi connectivity index (χ4n) is 3.17. The zero-order valence-corrected chi connectivity index (χ0v) is 22.3. The Bertz CT molecular complexity index is 653. The van der Waals surface area contributed by atoms with Crippen molar-refractivity contribution in [1.29, 1.82) is 0 Å². The highest BCUT2D eigenvalue weighted by molar-refractivity contribution is 7.99. The molecule has 0 spiro atoms. The van der Waals surface area contributed by atoms with Gasteiger partial charge in [0.05, 0.1) is 18.7 Å². The van der Waals surface area contributed by atoms with Crippen molar-refractivity contribution < 1.29 is 33.6 Å². The normalized spacial score (nSPS) is 14.6. The standard InChI is InChI=1S/C23H42N4O7S/c1-17(2)21(13-29)26(5)22(31)9-7-6-8-10-27(16-30)23(32)11-19(4)35-15-20(12-28)25-34-18(3)14-33-24/h12-13,16-21,25H,6-11,14-15,24H2,1-5H3. The van der Waals surface area contributed by atoms with E-state index < -0.39 is 12.1 Å². The second-order valence-electron chi connectivity index (χ2n) is 8.85. The first-order chi connectivity index (χ1) is 16.6. The SMILES string of the molecule is CC(CON)ONC(C=O)CSC(C)CC(=O)N(C=O)CCCCCC(=O)N(C)C(C=O)C(C)C. The predicted molar refractivity (Wildman–Crippen MR) is 134 cm³/mol. The Balaban J connectivity index is 4.30. The molecule has 0 rings (SSSR count). The molecule has 0 saturated heterocycles. The monoisotopic (exact) mass is 518 g/mol. The van der Waals surface area contributed by atoms with Crippen LogP contribution in [0.4, 0.5) is 0 Å². The number of nitrogens with one attached hydrogen (secondary N) is 1. The molecule has 4 unspecified atom stereocenters. The molecule has 0 radical (unpaired) electrons. The van der Waals surface area contributed by atoms with Crippen molar-refractivity contribution in [2.75, 3.05) is 26.0 Å². The van der Waals surface area contributed by atoms with Crippen LogP contribution in [0.3, 0.4) is 0 Å². The summed E-state index contributed by atoms with van der Waals surface area (Å²) < 4.78 is 0. The highest BCUT2D eigenvalue weighted by atomic mass is 32.2. The summed E-state index contributed by atoms with van der Waals surface area (Å²) >= 11 is 1.41. The molecule has 0 aromatic carbocycles. The third-order valence-electron chi connectivity index (χ3n) is 5.34. The first-order valence-corrected chi connectivity index (χ1v) is 12.9. The number of hydrogen-bond donors (Lipinski definition) is 2. The molecule has 12 heteroatoms. The van der Waals surface area contributed by atoms with Gasteiger partial charge in [0.15, 0.2) is 0 Å². The number of imide groups is 1. The minimum absolute atomic E-state index is 0.0446. The molecule has 3 N–H and O–H groups in total. The van der Waals surface area contributed by atoms with Crippen molar-refractivity contribution in [2.24, 2.45) is 11.8 Å². The van der Waals surface area contributed by atoms with Crippen molar-refractivity contribution in [3.8, 4) is 0 Å². The number of rotatable bonds is 21. The van der Waals surface area contributed by atoms with Gasteiger partial charge in [-0.2, -0.15) is 17.2 Å². The number of likely N-dealkylation sites (N-methyl/N-ethyl adjacent to an activating group) is 1. The number of thioether (sulfide) groups is 1. The van der Waals surface area contributed by atoms with Crippen LogP contribution in [0.15, 0.2) is 0 Å². The molecule has 202 valence electrons. The number of aldehydes is 2. The number of hydrogen-bond acceptors (Lipinski definition) is 10. The molecule has 0 aromatic rings. The molecule has 0 aromatic heterocycles. The molecule has 3 amide bonds. The van der Waals surface area contributed by atoms with Gasteiger partial charge >= 0.3 is 0 Å². The van der Waals surface area contributed by atoms with Crippen molar-refractivity contribution >= 4 is 42.6 Å². The maximum Gasteiger partial charge on any atom is 0.230 e. The van der Waals surface area contributed by atoms with Crippen LogP contribution in [0.25, 0.3) is 0 Å². The van der Waals surface area contributed by atoms with E-state index in [1.165, 1.54) is 16.7 Å². The maximum absolute atomic E-state index is 12.5. The minimum atomic E-state index is -0.566. The lowest BCUT2D eigenvalue weighted by Gasteiger charge is -2.26. The average molecular weight is 519 g/mol. The van der Waals surface area contributed by atoms with Crippen molar-refractivity contribution in [3.05, 3.63) is 0 Å². The summed E-state index contributed by atoms with van der Waals surface area (Å²) in [7, 11) is 1.63. The first kappa shape index (κ1) is 33.1. The van der Waals surface area contributed by atoms with Gasteiger partial charge in [0.2, 0.25) is 18.2 Å². The number of carbonyl (C=O) groups excluding carboxylic acids is 5. The number of carbonyl (C=O) groups is 5. The number of amides is 3. The van der Waals surface area contributed by atoms with Crippen LogP contribution in [0.2, 0.25) is 0 Å². The Hall–Kier alpha value is -1.86. The minimum Gasteiger partial charge on any atom is -0.336 e. The Labute approximate surface area is 212 Å². The maximum atomic E-state index is 12.5. The molecule has 4 atom stereocenters. The van der Waals surface area contributed by atoms with Gasteiger partial charge in [-0.05, 0) is 25.7 Å². The second-order valence-corrected chi connectivity index (χ2v) is 10.3. The predicted octanol–water partition coefficient (Wildman–Crippen LogP) is 1.09. The van der Waals surface area contributed by atoms with Gasteiger partial charge in [0.25, 0.3) is 0 Å². The number of hydroxylamine groups is 1. The zero-order chi connectivity index (χ0) is 26.8. The summed E-state index contributed by atoms with van der Waals surface area (Å²) in [5.41, 5.74) is 2.65. The van der Waals surface area contributed by atoms with Gasteiger partial charge in [-0.15, -0.1) is 0 Å². The lowest BCUT2D eigenvalue weighted by Crippen LogP contribution is -2.41. The molecule has 0 aliphatic carbocycles. The van der Waals surface area contributed by atoms with Crippen LogP contribution in [0, 0.1) is 5.92 Å². The lowest BCUT2D eigenvalue weighted by molar-refractivity contribution is -0.138. The molecule has 0 bridgehead atoms. The summed E-state index contributed by atoms with van der Waals surface area (Å²) in [5.74, 6) is 5.02. The summed E-state index contributed by atoms with van der Waals surface area (Å²) in [6.07, 6.45) is 4.04. The van der Waals surface area contributed by atoms with Gasteiger partial charge in [-0.3, -0.25) is 24.1 Å². The Kier molecular flexibility index (Phi) is 18.3. The first-order valence-electron chi connectivity index (χ1n) is 11.9. The highest BCUT2D eigenvalue weighted by Crippen LogP contribution is 2.17. The fraction of sp³-hybridized carbons (Fsp3) is 0.783. The third kappa shape index (κ3) is 14.3. The largest absolute Gasteiger partial charge is 0.336 e. The number of nitrogens with zero attached hydrogens (tertiary/aromatic N) is 2. The van der Waals surface area contributed by atoms with Crippen molar-refractivity contribution in [1.82, 2.24) is 15.3 Å². The van der Waals surface area contributed by atoms with Crippen LogP contribution in [0.5, 0.6) is 0 Å². The number of nitrogens with two attached hydrogens (primary N) is 1. The number of unbranched alkanes of at least 4 members (excludes halogenated alkanes) is 2. The lowest BCUT2D eigenvalue weighted by atomic mass is 10.0. The van der Waals surface area contributed by atoms with Crippen LogP contribution >= 0.6 is 11.8 Å². The highest BCUT2D eigenvalue weighted by Gasteiger charge is 2.22. The molecule has 0 aliphatic heterocycles. The third-order valence-corrected chi connectivity index (χ3v) is 6.63. The summed E-state index contributed by atoms with van der Waals surface area (Å²) in [6, 6.07) is -1.01. The van der Waals surface area contributed by atoms with E-state index in [1.54, 1.807) is 14.0 Å². The van der Waals surface area contributed by atoms with E-state index in [4.69, 9.17) is 10.7 Å². The smallest absolute Gasteiger partial charge is 0.230 e. The van der Waals surface area contributed by atoms with Crippen molar-refractivity contribution in [2.45, 2.75) is 83.2 Å². The Morgan fingerprint density at radius 3 is 2.26 bits per heavy atom. The molecule has 0 aliphatic rings. The van der Waals surface area contributed by atoms with E-state index >= 15 is 0 Å². The summed E-state index contributed by atoms with van der Waals surface area (Å²) in [5, 5.41) is -0.112. The van der Waals surface area contributed by atoms with Gasteiger partial charge in [-0.25, -0.2) is 5.90 Å². The van der Waals surface area contributed by atoms with Crippen LogP contribution in [-0.4, -0.2) is 90.0 Å². The molecular weight excluding hydrogens is 476 g/mol. The Morgan fingerprint density at radius 2 is 1.71 bits per heavy atom. The quantitative estimate of drug-likeness (QED) is 0.128. The van der Waals surface area contributed by atoms with E-state index in [0.717, 1.165) is 17.5 Å². The van der Waals surface area contributed by atoms with E-state index in [0.29, 0.717) is 37.8 Å². The fourth-order valence-corrected chi connectivity index (χ4v) is 4.12. The van der Waals surface area contributed by atoms with E-state index in [-0.39, 0.29) is 48.7 Å². The second kappa shape index (κ2) is 19.3. The summed E-state index contributed by atoms with van der Waals surface area (Å²) in [6.45, 7) is 7.81.